The highest BCUT2D eigenvalue weighted by Gasteiger charge is 2.09. The maximum Gasteiger partial charge on any atom is 0.0948 e. The fraction of sp³-hybridized carbons (Fsp3) is 0.538. The van der Waals surface area contributed by atoms with Gasteiger partial charge in [-0.1, -0.05) is 30.7 Å². The smallest absolute Gasteiger partial charge is 0.0948 e. The van der Waals surface area contributed by atoms with Gasteiger partial charge in [0, 0.05) is 18.2 Å². The molecule has 1 aromatic rings. The third-order valence-electron chi connectivity index (χ3n) is 2.33. The SMILES string of the molecule is CCCOCCOC(CN)c1cccc(Cl)c1. The van der Waals surface area contributed by atoms with Crippen LogP contribution in [0.2, 0.25) is 5.02 Å². The average molecular weight is 258 g/mol. The van der Waals surface area contributed by atoms with Crippen LogP contribution in [0.3, 0.4) is 0 Å². The van der Waals surface area contributed by atoms with Crippen LogP contribution in [-0.4, -0.2) is 26.4 Å². The van der Waals surface area contributed by atoms with Gasteiger partial charge in [0.25, 0.3) is 0 Å². The summed E-state index contributed by atoms with van der Waals surface area (Å²) < 4.78 is 11.0. The van der Waals surface area contributed by atoms with Crippen molar-refractivity contribution in [3.63, 3.8) is 0 Å². The number of rotatable bonds is 8. The van der Waals surface area contributed by atoms with Crippen molar-refractivity contribution in [1.82, 2.24) is 0 Å². The van der Waals surface area contributed by atoms with E-state index in [-0.39, 0.29) is 6.10 Å². The predicted octanol–water partition coefficient (Wildman–Crippen LogP) is 2.78. The molecule has 0 fully saturated rings. The molecule has 0 bridgehead atoms. The summed E-state index contributed by atoms with van der Waals surface area (Å²) in [5, 5.41) is 0.701. The molecule has 0 saturated heterocycles. The van der Waals surface area contributed by atoms with Gasteiger partial charge in [-0.3, -0.25) is 0 Å². The van der Waals surface area contributed by atoms with Crippen LogP contribution in [0.5, 0.6) is 0 Å². The van der Waals surface area contributed by atoms with Crippen LogP contribution in [0, 0.1) is 0 Å². The minimum Gasteiger partial charge on any atom is -0.379 e. The molecule has 4 heteroatoms. The quantitative estimate of drug-likeness (QED) is 0.729. The molecule has 0 saturated carbocycles. The van der Waals surface area contributed by atoms with Crippen molar-refractivity contribution in [3.8, 4) is 0 Å². The van der Waals surface area contributed by atoms with Gasteiger partial charge in [-0.2, -0.15) is 0 Å². The van der Waals surface area contributed by atoms with E-state index >= 15 is 0 Å². The summed E-state index contributed by atoms with van der Waals surface area (Å²) in [6.45, 7) is 4.44. The summed E-state index contributed by atoms with van der Waals surface area (Å²) in [6.07, 6.45) is 0.910. The minimum atomic E-state index is -0.112. The zero-order valence-corrected chi connectivity index (χ0v) is 11.0. The van der Waals surface area contributed by atoms with E-state index in [0.29, 0.717) is 24.8 Å². The second-order valence-electron chi connectivity index (χ2n) is 3.76. The molecule has 0 aliphatic rings. The monoisotopic (exact) mass is 257 g/mol. The van der Waals surface area contributed by atoms with Crippen molar-refractivity contribution in [1.29, 1.82) is 0 Å². The molecule has 0 amide bonds. The van der Waals surface area contributed by atoms with E-state index in [1.165, 1.54) is 0 Å². The van der Waals surface area contributed by atoms with Crippen molar-refractivity contribution in [3.05, 3.63) is 34.9 Å². The molecule has 0 spiro atoms. The van der Waals surface area contributed by atoms with Gasteiger partial charge in [-0.25, -0.2) is 0 Å². The lowest BCUT2D eigenvalue weighted by Gasteiger charge is -2.16. The van der Waals surface area contributed by atoms with Crippen LogP contribution in [0.25, 0.3) is 0 Å². The third-order valence-corrected chi connectivity index (χ3v) is 2.56. The van der Waals surface area contributed by atoms with E-state index in [1.54, 1.807) is 0 Å². The van der Waals surface area contributed by atoms with Crippen LogP contribution < -0.4 is 5.73 Å². The Labute approximate surface area is 108 Å². The van der Waals surface area contributed by atoms with Crippen LogP contribution in [0.1, 0.15) is 25.0 Å². The lowest BCUT2D eigenvalue weighted by molar-refractivity contribution is 0.00766. The Kier molecular flexibility index (Phi) is 7.21. The van der Waals surface area contributed by atoms with Crippen LogP contribution in [-0.2, 0) is 9.47 Å². The Morgan fingerprint density at radius 3 is 2.76 bits per heavy atom. The van der Waals surface area contributed by atoms with E-state index in [0.717, 1.165) is 18.6 Å². The summed E-state index contributed by atoms with van der Waals surface area (Å²) in [4.78, 5) is 0. The van der Waals surface area contributed by atoms with Gasteiger partial charge in [0.1, 0.15) is 0 Å². The highest BCUT2D eigenvalue weighted by atomic mass is 35.5. The molecule has 0 aromatic heterocycles. The Balaban J connectivity index is 2.38. The molecule has 3 nitrogen and oxygen atoms in total. The maximum absolute atomic E-state index is 5.93. The van der Waals surface area contributed by atoms with Gasteiger partial charge in [0.05, 0.1) is 19.3 Å². The Bertz CT molecular complexity index is 320. The molecule has 1 rings (SSSR count). The minimum absolute atomic E-state index is 0.112. The molecule has 2 N–H and O–H groups in total. The number of hydrogen-bond acceptors (Lipinski definition) is 3. The number of benzene rings is 1. The lowest BCUT2D eigenvalue weighted by atomic mass is 10.1. The molecule has 0 radical (unpaired) electrons. The Hall–Kier alpha value is -0.610. The predicted molar refractivity (Wildman–Crippen MR) is 70.3 cm³/mol. The normalized spacial score (nSPS) is 12.6. The highest BCUT2D eigenvalue weighted by Crippen LogP contribution is 2.19. The zero-order valence-electron chi connectivity index (χ0n) is 10.2. The van der Waals surface area contributed by atoms with E-state index in [4.69, 9.17) is 26.8 Å². The first-order valence-electron chi connectivity index (χ1n) is 5.92. The van der Waals surface area contributed by atoms with Crippen LogP contribution in [0.15, 0.2) is 24.3 Å². The summed E-state index contributed by atoms with van der Waals surface area (Å²) in [5.41, 5.74) is 6.70. The maximum atomic E-state index is 5.93. The highest BCUT2D eigenvalue weighted by molar-refractivity contribution is 6.30. The molecule has 0 aliphatic carbocycles. The Morgan fingerprint density at radius 2 is 2.12 bits per heavy atom. The van der Waals surface area contributed by atoms with Crippen LogP contribution in [0.4, 0.5) is 0 Å². The number of hydrogen-bond donors (Lipinski definition) is 1. The van der Waals surface area contributed by atoms with Crippen molar-refractivity contribution < 1.29 is 9.47 Å². The molecular formula is C13H20ClNO2. The molecule has 96 valence electrons. The first kappa shape index (κ1) is 14.5. The van der Waals surface area contributed by atoms with Gasteiger partial charge < -0.3 is 15.2 Å². The molecule has 0 aliphatic heterocycles. The molecule has 17 heavy (non-hydrogen) atoms. The van der Waals surface area contributed by atoms with Gasteiger partial charge in [-0.15, -0.1) is 0 Å². The number of nitrogens with two attached hydrogens (primary N) is 1. The standard InChI is InChI=1S/C13H20ClNO2/c1-2-6-16-7-8-17-13(10-15)11-4-3-5-12(14)9-11/h3-5,9,13H,2,6-8,10,15H2,1H3. The number of ether oxygens (including phenoxy) is 2. The van der Waals surface area contributed by atoms with Gasteiger partial charge in [0.2, 0.25) is 0 Å². The second-order valence-corrected chi connectivity index (χ2v) is 4.20. The average Bonchev–Trinajstić information content (AvgIpc) is 2.34. The first-order chi connectivity index (χ1) is 8.27. The summed E-state index contributed by atoms with van der Waals surface area (Å²) in [7, 11) is 0. The van der Waals surface area contributed by atoms with Gasteiger partial charge in [-0.05, 0) is 24.1 Å². The van der Waals surface area contributed by atoms with Crippen molar-refractivity contribution in [2.24, 2.45) is 5.73 Å². The first-order valence-corrected chi connectivity index (χ1v) is 6.30. The van der Waals surface area contributed by atoms with Crippen molar-refractivity contribution >= 4 is 11.6 Å². The van der Waals surface area contributed by atoms with E-state index in [9.17, 15) is 0 Å². The lowest BCUT2D eigenvalue weighted by Crippen LogP contribution is -2.18. The third kappa shape index (κ3) is 5.50. The van der Waals surface area contributed by atoms with E-state index in [2.05, 4.69) is 6.92 Å². The van der Waals surface area contributed by atoms with E-state index in [1.807, 2.05) is 24.3 Å². The zero-order chi connectivity index (χ0) is 12.5. The molecular weight excluding hydrogens is 238 g/mol. The van der Waals surface area contributed by atoms with E-state index < -0.39 is 0 Å². The topological polar surface area (TPSA) is 44.5 Å². The molecule has 0 heterocycles. The second kappa shape index (κ2) is 8.48. The van der Waals surface area contributed by atoms with Crippen LogP contribution >= 0.6 is 11.6 Å². The fourth-order valence-corrected chi connectivity index (χ4v) is 1.70. The Morgan fingerprint density at radius 1 is 1.29 bits per heavy atom. The molecule has 1 aromatic carbocycles. The number of halogens is 1. The molecule has 1 atom stereocenters. The summed E-state index contributed by atoms with van der Waals surface area (Å²) in [6, 6.07) is 7.59. The van der Waals surface area contributed by atoms with Crippen molar-refractivity contribution in [2.45, 2.75) is 19.4 Å². The largest absolute Gasteiger partial charge is 0.379 e. The fourth-order valence-electron chi connectivity index (χ4n) is 1.50. The summed E-state index contributed by atoms with van der Waals surface area (Å²) >= 11 is 5.93. The van der Waals surface area contributed by atoms with Crippen molar-refractivity contribution in [2.75, 3.05) is 26.4 Å². The van der Waals surface area contributed by atoms with Gasteiger partial charge >= 0.3 is 0 Å². The molecule has 1 unspecified atom stereocenters. The van der Waals surface area contributed by atoms with Gasteiger partial charge in [0.15, 0.2) is 0 Å². The summed E-state index contributed by atoms with van der Waals surface area (Å²) in [5.74, 6) is 0.